The van der Waals surface area contributed by atoms with Crippen LogP contribution in [0.15, 0.2) is 18.2 Å². The van der Waals surface area contributed by atoms with Crippen molar-refractivity contribution < 1.29 is 27.2 Å². The third kappa shape index (κ3) is 3.06. The molecule has 0 bridgehead atoms. The molecule has 2 unspecified atom stereocenters. The van der Waals surface area contributed by atoms with Crippen LogP contribution in [-0.4, -0.2) is 11.8 Å². The number of hydrogen-bond donors (Lipinski definition) is 1. The monoisotopic (exact) mass is 303 g/mol. The van der Waals surface area contributed by atoms with Crippen molar-refractivity contribution in [2.75, 3.05) is 0 Å². The van der Waals surface area contributed by atoms with E-state index in [1.54, 1.807) is 6.92 Å². The van der Waals surface area contributed by atoms with Crippen molar-refractivity contribution >= 4 is 11.8 Å². The van der Waals surface area contributed by atoms with E-state index < -0.39 is 41.2 Å². The van der Waals surface area contributed by atoms with Gasteiger partial charge in [0.05, 0.1) is 5.56 Å². The smallest absolute Gasteiger partial charge is 0.296 e. The summed E-state index contributed by atoms with van der Waals surface area (Å²) in [5.41, 5.74) is -1.34. The van der Waals surface area contributed by atoms with Gasteiger partial charge in [0.2, 0.25) is 11.8 Å². The molecule has 1 N–H and O–H groups in total. The fraction of sp³-hybridized carbons (Fsp3) is 0.429. The summed E-state index contributed by atoms with van der Waals surface area (Å²) < 4.78 is 52.3. The summed E-state index contributed by atoms with van der Waals surface area (Å²) in [5, 5.41) is 2.12. The van der Waals surface area contributed by atoms with Gasteiger partial charge in [0, 0.05) is 18.3 Å². The quantitative estimate of drug-likeness (QED) is 0.674. The maximum absolute atomic E-state index is 13.1. The zero-order chi connectivity index (χ0) is 15.8. The van der Waals surface area contributed by atoms with Crippen molar-refractivity contribution in [1.29, 1.82) is 0 Å². The Balaban J connectivity index is 2.53. The number of nitrogens with one attached hydrogen (secondary N) is 1. The number of piperidine rings is 1. The van der Waals surface area contributed by atoms with Gasteiger partial charge >= 0.3 is 6.18 Å². The molecule has 0 spiro atoms. The number of amides is 2. The Kier molecular flexibility index (Phi) is 4.02. The Morgan fingerprint density at radius 2 is 1.95 bits per heavy atom. The molecule has 7 heteroatoms. The lowest BCUT2D eigenvalue weighted by molar-refractivity contribution is -0.142. The van der Waals surface area contributed by atoms with Gasteiger partial charge in [0.1, 0.15) is 5.82 Å². The second-order valence-corrected chi connectivity index (χ2v) is 4.97. The molecule has 1 aromatic carbocycles. The Bertz CT molecular complexity index is 583. The molecular formula is C14H13F4NO2. The summed E-state index contributed by atoms with van der Waals surface area (Å²) in [4.78, 5) is 23.2. The molecule has 114 valence electrons. The Morgan fingerprint density at radius 1 is 1.29 bits per heavy atom. The fourth-order valence-corrected chi connectivity index (χ4v) is 2.70. The molecule has 1 heterocycles. The zero-order valence-electron chi connectivity index (χ0n) is 11.1. The van der Waals surface area contributed by atoms with Gasteiger partial charge in [-0.3, -0.25) is 14.9 Å². The molecule has 2 amide bonds. The van der Waals surface area contributed by atoms with Crippen LogP contribution >= 0.6 is 0 Å². The van der Waals surface area contributed by atoms with E-state index in [-0.39, 0.29) is 12.0 Å². The van der Waals surface area contributed by atoms with Crippen LogP contribution in [0.25, 0.3) is 0 Å². The topological polar surface area (TPSA) is 46.2 Å². The minimum atomic E-state index is -4.74. The maximum atomic E-state index is 13.1. The van der Waals surface area contributed by atoms with E-state index in [2.05, 4.69) is 5.32 Å². The Labute approximate surface area is 118 Å². The van der Waals surface area contributed by atoms with Gasteiger partial charge < -0.3 is 0 Å². The Morgan fingerprint density at radius 3 is 2.52 bits per heavy atom. The summed E-state index contributed by atoms with van der Waals surface area (Å²) in [6.07, 6.45) is -4.68. The number of carbonyl (C=O) groups excluding carboxylic acids is 2. The number of carbonyl (C=O) groups is 2. The van der Waals surface area contributed by atoms with Crippen LogP contribution in [0, 0.1) is 11.7 Å². The van der Waals surface area contributed by atoms with Gasteiger partial charge in [0.15, 0.2) is 0 Å². The van der Waals surface area contributed by atoms with Crippen molar-refractivity contribution in [3.8, 4) is 0 Å². The highest BCUT2D eigenvalue weighted by molar-refractivity contribution is 5.99. The van der Waals surface area contributed by atoms with Gasteiger partial charge in [-0.15, -0.1) is 0 Å². The van der Waals surface area contributed by atoms with Crippen LogP contribution in [0.1, 0.15) is 36.8 Å². The second-order valence-electron chi connectivity index (χ2n) is 4.97. The molecule has 1 fully saturated rings. The molecule has 0 radical (unpaired) electrons. The molecular weight excluding hydrogens is 290 g/mol. The number of hydrogen-bond acceptors (Lipinski definition) is 2. The van der Waals surface area contributed by atoms with Crippen LogP contribution < -0.4 is 5.32 Å². The van der Waals surface area contributed by atoms with E-state index in [1.807, 2.05) is 0 Å². The van der Waals surface area contributed by atoms with Crippen molar-refractivity contribution in [3.63, 3.8) is 0 Å². The number of benzene rings is 1. The molecule has 0 aromatic heterocycles. The standard InChI is InChI=1S/C14H13F4NO2/c1-2-8-10(6-12(20)19-13(8)21)9-4-3-7(15)5-11(9)14(16,17)18/h3-5,8,10H,2,6H2,1H3,(H,19,20,21). The van der Waals surface area contributed by atoms with Crippen molar-refractivity contribution in [2.45, 2.75) is 31.9 Å². The minimum absolute atomic E-state index is 0.209. The molecule has 1 aliphatic rings. The highest BCUT2D eigenvalue weighted by Gasteiger charge is 2.41. The molecule has 21 heavy (non-hydrogen) atoms. The summed E-state index contributed by atoms with van der Waals surface area (Å²) in [7, 11) is 0. The number of imide groups is 1. The average molecular weight is 303 g/mol. The molecule has 1 saturated heterocycles. The lowest BCUT2D eigenvalue weighted by Crippen LogP contribution is -2.45. The third-order valence-corrected chi connectivity index (χ3v) is 3.65. The number of rotatable bonds is 2. The SMILES string of the molecule is CCC1C(=O)NC(=O)CC1c1ccc(F)cc1C(F)(F)F. The van der Waals surface area contributed by atoms with Gasteiger partial charge in [-0.2, -0.15) is 13.2 Å². The predicted octanol–water partition coefficient (Wildman–Crippen LogP) is 3.00. The normalized spacial score (nSPS) is 23.1. The zero-order valence-corrected chi connectivity index (χ0v) is 11.1. The fourth-order valence-electron chi connectivity index (χ4n) is 2.70. The molecule has 1 aromatic rings. The van der Waals surface area contributed by atoms with E-state index in [9.17, 15) is 27.2 Å². The van der Waals surface area contributed by atoms with Gasteiger partial charge in [0.25, 0.3) is 0 Å². The van der Waals surface area contributed by atoms with Crippen LogP contribution in [0.2, 0.25) is 0 Å². The molecule has 0 aliphatic carbocycles. The first-order chi connectivity index (χ1) is 9.74. The molecule has 2 rings (SSSR count). The first kappa shape index (κ1) is 15.5. The Hall–Kier alpha value is -1.92. The largest absolute Gasteiger partial charge is 0.416 e. The highest BCUT2D eigenvalue weighted by atomic mass is 19.4. The molecule has 3 nitrogen and oxygen atoms in total. The summed E-state index contributed by atoms with van der Waals surface area (Å²) >= 11 is 0. The van der Waals surface area contributed by atoms with Gasteiger partial charge in [-0.05, 0) is 24.1 Å². The molecule has 2 atom stereocenters. The van der Waals surface area contributed by atoms with E-state index in [1.165, 1.54) is 0 Å². The van der Waals surface area contributed by atoms with Crippen LogP contribution in [-0.2, 0) is 15.8 Å². The van der Waals surface area contributed by atoms with Crippen LogP contribution in [0.5, 0.6) is 0 Å². The first-order valence-corrected chi connectivity index (χ1v) is 6.44. The van der Waals surface area contributed by atoms with Crippen molar-refractivity contribution in [3.05, 3.63) is 35.1 Å². The van der Waals surface area contributed by atoms with Crippen LogP contribution in [0.3, 0.4) is 0 Å². The van der Waals surface area contributed by atoms with E-state index in [0.717, 1.165) is 12.1 Å². The minimum Gasteiger partial charge on any atom is -0.296 e. The summed E-state index contributed by atoms with van der Waals surface area (Å²) in [6.45, 7) is 1.66. The molecule has 1 aliphatic heterocycles. The third-order valence-electron chi connectivity index (χ3n) is 3.65. The average Bonchev–Trinajstić information content (AvgIpc) is 2.36. The predicted molar refractivity (Wildman–Crippen MR) is 65.7 cm³/mol. The number of alkyl halides is 3. The number of halogens is 4. The van der Waals surface area contributed by atoms with E-state index in [4.69, 9.17) is 0 Å². The summed E-state index contributed by atoms with van der Waals surface area (Å²) in [6, 6.07) is 2.32. The maximum Gasteiger partial charge on any atom is 0.416 e. The van der Waals surface area contributed by atoms with E-state index in [0.29, 0.717) is 12.5 Å². The second kappa shape index (κ2) is 5.46. The van der Waals surface area contributed by atoms with Crippen molar-refractivity contribution in [2.24, 2.45) is 5.92 Å². The lowest BCUT2D eigenvalue weighted by atomic mass is 9.77. The van der Waals surface area contributed by atoms with E-state index >= 15 is 0 Å². The first-order valence-electron chi connectivity index (χ1n) is 6.44. The van der Waals surface area contributed by atoms with Crippen LogP contribution in [0.4, 0.5) is 17.6 Å². The lowest BCUT2D eigenvalue weighted by Gasteiger charge is -2.31. The van der Waals surface area contributed by atoms with Crippen molar-refractivity contribution in [1.82, 2.24) is 5.32 Å². The van der Waals surface area contributed by atoms with Gasteiger partial charge in [-0.1, -0.05) is 13.0 Å². The molecule has 0 saturated carbocycles. The highest BCUT2D eigenvalue weighted by Crippen LogP contribution is 2.41. The summed E-state index contributed by atoms with van der Waals surface area (Å²) in [5.74, 6) is -3.85. The van der Waals surface area contributed by atoms with Gasteiger partial charge in [-0.25, -0.2) is 4.39 Å².